The SMILES string of the molecule is COC(=O)c1cc(Cl)ccc1NC(C)C1CCN(C)CC1. The molecule has 0 radical (unpaired) electrons. The molecule has 21 heavy (non-hydrogen) atoms. The number of carbonyl (C=O) groups is 1. The quantitative estimate of drug-likeness (QED) is 0.867. The molecular formula is C16H23ClN2O2. The Morgan fingerprint density at radius 1 is 1.43 bits per heavy atom. The highest BCUT2D eigenvalue weighted by atomic mass is 35.5. The van der Waals surface area contributed by atoms with Gasteiger partial charge < -0.3 is 15.0 Å². The number of ether oxygens (including phenoxy) is 1. The normalized spacial score (nSPS) is 18.3. The van der Waals surface area contributed by atoms with E-state index in [1.54, 1.807) is 12.1 Å². The van der Waals surface area contributed by atoms with E-state index in [9.17, 15) is 4.79 Å². The van der Waals surface area contributed by atoms with Gasteiger partial charge >= 0.3 is 5.97 Å². The van der Waals surface area contributed by atoms with Gasteiger partial charge in [-0.15, -0.1) is 0 Å². The van der Waals surface area contributed by atoms with Crippen LogP contribution in [0.2, 0.25) is 5.02 Å². The lowest BCUT2D eigenvalue weighted by molar-refractivity contribution is 0.0601. The van der Waals surface area contributed by atoms with Crippen LogP contribution in [0.1, 0.15) is 30.1 Å². The average Bonchev–Trinajstić information content (AvgIpc) is 2.48. The second-order valence-electron chi connectivity index (χ2n) is 5.76. The second kappa shape index (κ2) is 7.14. The van der Waals surface area contributed by atoms with Crippen molar-refractivity contribution in [2.45, 2.75) is 25.8 Å². The minimum atomic E-state index is -0.365. The van der Waals surface area contributed by atoms with Crippen molar-refractivity contribution in [2.75, 3.05) is 32.6 Å². The van der Waals surface area contributed by atoms with Gasteiger partial charge in [0.15, 0.2) is 0 Å². The summed E-state index contributed by atoms with van der Waals surface area (Å²) < 4.78 is 4.83. The van der Waals surface area contributed by atoms with E-state index < -0.39 is 0 Å². The summed E-state index contributed by atoms with van der Waals surface area (Å²) in [5.41, 5.74) is 1.28. The van der Waals surface area contributed by atoms with Gasteiger partial charge in [0, 0.05) is 16.8 Å². The molecule has 1 unspecified atom stereocenters. The number of carbonyl (C=O) groups excluding carboxylic acids is 1. The maximum atomic E-state index is 11.9. The van der Waals surface area contributed by atoms with Crippen molar-refractivity contribution in [2.24, 2.45) is 5.92 Å². The number of halogens is 1. The van der Waals surface area contributed by atoms with Gasteiger partial charge in [0.25, 0.3) is 0 Å². The lowest BCUT2D eigenvalue weighted by atomic mass is 9.90. The molecule has 1 atom stereocenters. The highest BCUT2D eigenvalue weighted by Crippen LogP contribution is 2.26. The van der Waals surface area contributed by atoms with Crippen LogP contribution in [0.4, 0.5) is 5.69 Å². The Bertz CT molecular complexity index is 499. The lowest BCUT2D eigenvalue weighted by Crippen LogP contribution is -2.37. The molecule has 1 N–H and O–H groups in total. The summed E-state index contributed by atoms with van der Waals surface area (Å²) in [5.74, 6) is 0.248. The average molecular weight is 311 g/mol. The molecule has 0 spiro atoms. The fourth-order valence-electron chi connectivity index (χ4n) is 2.81. The standard InChI is InChI=1S/C16H23ClN2O2/c1-11(12-6-8-19(2)9-7-12)18-15-5-4-13(17)10-14(15)16(20)21-3/h4-5,10-12,18H,6-9H2,1-3H3. The highest BCUT2D eigenvalue weighted by molar-refractivity contribution is 6.31. The first-order valence-corrected chi connectivity index (χ1v) is 7.72. The van der Waals surface area contributed by atoms with E-state index >= 15 is 0 Å². The third-order valence-electron chi connectivity index (χ3n) is 4.24. The van der Waals surface area contributed by atoms with E-state index in [2.05, 4.69) is 24.2 Å². The molecule has 0 aromatic heterocycles. The summed E-state index contributed by atoms with van der Waals surface area (Å²) in [6, 6.07) is 5.60. The first-order chi connectivity index (χ1) is 10.0. The fraction of sp³-hybridized carbons (Fsp3) is 0.562. The molecule has 5 heteroatoms. The van der Waals surface area contributed by atoms with Gasteiger partial charge in [0.1, 0.15) is 0 Å². The van der Waals surface area contributed by atoms with Crippen molar-refractivity contribution >= 4 is 23.3 Å². The zero-order valence-electron chi connectivity index (χ0n) is 12.9. The van der Waals surface area contributed by atoms with Crippen LogP contribution in [-0.2, 0) is 4.74 Å². The van der Waals surface area contributed by atoms with Gasteiger partial charge in [-0.2, -0.15) is 0 Å². The lowest BCUT2D eigenvalue weighted by Gasteiger charge is -2.33. The Balaban J connectivity index is 2.09. The third-order valence-corrected chi connectivity index (χ3v) is 4.48. The van der Waals surface area contributed by atoms with Crippen LogP contribution in [0.3, 0.4) is 0 Å². The second-order valence-corrected chi connectivity index (χ2v) is 6.19. The number of hydrogen-bond acceptors (Lipinski definition) is 4. The molecule has 0 bridgehead atoms. The van der Waals surface area contributed by atoms with Gasteiger partial charge in [-0.1, -0.05) is 11.6 Å². The molecule has 1 heterocycles. The summed E-state index contributed by atoms with van der Waals surface area (Å²) in [5, 5.41) is 3.99. The van der Waals surface area contributed by atoms with Gasteiger partial charge in [0.05, 0.1) is 12.7 Å². The van der Waals surface area contributed by atoms with Crippen molar-refractivity contribution in [3.05, 3.63) is 28.8 Å². The molecule has 4 nitrogen and oxygen atoms in total. The number of benzene rings is 1. The number of nitrogens with one attached hydrogen (secondary N) is 1. The smallest absolute Gasteiger partial charge is 0.340 e. The molecule has 1 saturated heterocycles. The highest BCUT2D eigenvalue weighted by Gasteiger charge is 2.23. The van der Waals surface area contributed by atoms with Crippen molar-refractivity contribution in [1.29, 1.82) is 0 Å². The zero-order chi connectivity index (χ0) is 15.4. The van der Waals surface area contributed by atoms with Crippen molar-refractivity contribution in [3.63, 3.8) is 0 Å². The fourth-order valence-corrected chi connectivity index (χ4v) is 2.98. The number of methoxy groups -OCH3 is 1. The minimum absolute atomic E-state index is 0.309. The molecule has 1 aromatic rings. The molecule has 0 amide bonds. The third kappa shape index (κ3) is 4.11. The predicted molar refractivity (Wildman–Crippen MR) is 86.1 cm³/mol. The first kappa shape index (κ1) is 16.1. The van der Waals surface area contributed by atoms with E-state index in [-0.39, 0.29) is 5.97 Å². The van der Waals surface area contributed by atoms with Crippen molar-refractivity contribution in [3.8, 4) is 0 Å². The molecule has 0 aliphatic carbocycles. The number of anilines is 1. The van der Waals surface area contributed by atoms with Crippen LogP contribution in [0.15, 0.2) is 18.2 Å². The first-order valence-electron chi connectivity index (χ1n) is 7.34. The molecule has 116 valence electrons. The van der Waals surface area contributed by atoms with Crippen LogP contribution in [0, 0.1) is 5.92 Å². The summed E-state index contributed by atoms with van der Waals surface area (Å²) in [6.45, 7) is 4.42. The number of esters is 1. The Morgan fingerprint density at radius 3 is 2.71 bits per heavy atom. The van der Waals surface area contributed by atoms with Gasteiger partial charge in [-0.25, -0.2) is 4.79 Å². The van der Waals surface area contributed by atoms with Crippen molar-refractivity contribution in [1.82, 2.24) is 4.90 Å². The maximum Gasteiger partial charge on any atom is 0.340 e. The van der Waals surface area contributed by atoms with E-state index in [4.69, 9.17) is 16.3 Å². The summed E-state index contributed by atoms with van der Waals surface area (Å²) in [7, 11) is 3.54. The molecule has 1 fully saturated rings. The molecular weight excluding hydrogens is 288 g/mol. The summed E-state index contributed by atoms with van der Waals surface area (Å²) >= 11 is 5.98. The molecule has 1 aliphatic heterocycles. The van der Waals surface area contributed by atoms with Gasteiger partial charge in [-0.05, 0) is 64.0 Å². The van der Waals surface area contributed by atoms with Crippen LogP contribution < -0.4 is 5.32 Å². The monoisotopic (exact) mass is 310 g/mol. The van der Waals surface area contributed by atoms with E-state index in [0.29, 0.717) is 22.5 Å². The van der Waals surface area contributed by atoms with Crippen LogP contribution in [-0.4, -0.2) is 44.2 Å². The molecule has 2 rings (SSSR count). The number of piperidine rings is 1. The van der Waals surface area contributed by atoms with E-state index in [1.165, 1.54) is 20.0 Å². The number of likely N-dealkylation sites (tertiary alicyclic amines) is 1. The Morgan fingerprint density at radius 2 is 2.10 bits per heavy atom. The largest absolute Gasteiger partial charge is 0.465 e. The summed E-state index contributed by atoms with van der Waals surface area (Å²) in [6.07, 6.45) is 2.34. The number of nitrogens with zero attached hydrogens (tertiary/aromatic N) is 1. The van der Waals surface area contributed by atoms with Crippen molar-refractivity contribution < 1.29 is 9.53 Å². The maximum absolute atomic E-state index is 11.9. The number of rotatable bonds is 4. The van der Waals surface area contributed by atoms with Crippen LogP contribution >= 0.6 is 11.6 Å². The van der Waals surface area contributed by atoms with E-state index in [1.807, 2.05) is 6.07 Å². The van der Waals surface area contributed by atoms with Gasteiger partial charge in [0.2, 0.25) is 0 Å². The molecule has 1 aliphatic rings. The van der Waals surface area contributed by atoms with Crippen LogP contribution in [0.5, 0.6) is 0 Å². The predicted octanol–water partition coefficient (Wildman–Crippen LogP) is 3.27. The Kier molecular flexibility index (Phi) is 5.48. The Hall–Kier alpha value is -1.26. The zero-order valence-corrected chi connectivity index (χ0v) is 13.6. The minimum Gasteiger partial charge on any atom is -0.465 e. The summed E-state index contributed by atoms with van der Waals surface area (Å²) in [4.78, 5) is 14.2. The topological polar surface area (TPSA) is 41.6 Å². The molecule has 0 saturated carbocycles. The Labute approximate surface area is 131 Å². The van der Waals surface area contributed by atoms with Crippen LogP contribution in [0.25, 0.3) is 0 Å². The van der Waals surface area contributed by atoms with Gasteiger partial charge in [-0.3, -0.25) is 0 Å². The molecule has 1 aromatic carbocycles. The van der Waals surface area contributed by atoms with E-state index in [0.717, 1.165) is 18.8 Å². The number of hydrogen-bond donors (Lipinski definition) is 1.